The summed E-state index contributed by atoms with van der Waals surface area (Å²) in [5.74, 6) is 0.180. The zero-order chi connectivity index (χ0) is 13.7. The fourth-order valence-electron chi connectivity index (χ4n) is 2.47. The lowest BCUT2D eigenvalue weighted by Gasteiger charge is -2.21. The average Bonchev–Trinajstić information content (AvgIpc) is 3.04. The maximum absolute atomic E-state index is 12.2. The number of likely N-dealkylation sites (N-methyl/N-ethyl adjacent to an activating group) is 1. The van der Waals surface area contributed by atoms with Crippen LogP contribution in [0.4, 0.5) is 0 Å². The van der Waals surface area contributed by atoms with E-state index in [0.29, 0.717) is 19.1 Å². The molecule has 0 radical (unpaired) electrons. The van der Waals surface area contributed by atoms with E-state index in [2.05, 4.69) is 5.32 Å². The molecular weight excluding hydrogens is 280 g/mol. The van der Waals surface area contributed by atoms with Gasteiger partial charge in [0.2, 0.25) is 5.91 Å². The number of hydrogen-bond donors (Lipinski definition) is 1. The molecule has 1 N–H and O–H groups in total. The van der Waals surface area contributed by atoms with Crippen molar-refractivity contribution >= 4 is 28.8 Å². The molecule has 0 aromatic carbocycles. The first-order valence-electron chi connectivity index (χ1n) is 6.94. The second-order valence-corrected chi connectivity index (χ2v) is 6.78. The number of nitrogens with one attached hydrogen (secondary N) is 1. The molecule has 1 aromatic heterocycles. The highest BCUT2D eigenvalue weighted by molar-refractivity contribution is 7.16. The van der Waals surface area contributed by atoms with Gasteiger partial charge in [-0.05, 0) is 31.9 Å². The van der Waals surface area contributed by atoms with Gasteiger partial charge in [0.25, 0.3) is 0 Å². The Labute approximate surface area is 123 Å². The molecule has 1 aromatic rings. The highest BCUT2D eigenvalue weighted by atomic mass is 35.5. The molecule has 106 valence electrons. The maximum Gasteiger partial charge on any atom is 0.236 e. The zero-order valence-electron chi connectivity index (χ0n) is 11.3. The van der Waals surface area contributed by atoms with Gasteiger partial charge in [0.15, 0.2) is 0 Å². The molecule has 2 rings (SSSR count). The van der Waals surface area contributed by atoms with Crippen molar-refractivity contribution in [3.05, 3.63) is 21.3 Å². The predicted octanol–water partition coefficient (Wildman–Crippen LogP) is 3.28. The van der Waals surface area contributed by atoms with Crippen molar-refractivity contribution in [1.29, 1.82) is 0 Å². The number of carbonyl (C=O) groups is 1. The molecule has 0 bridgehead atoms. The summed E-state index contributed by atoms with van der Waals surface area (Å²) in [6, 6.07) is 4.42. The monoisotopic (exact) mass is 300 g/mol. The van der Waals surface area contributed by atoms with Gasteiger partial charge in [0.1, 0.15) is 0 Å². The second kappa shape index (κ2) is 7.27. The lowest BCUT2D eigenvalue weighted by atomic mass is 10.2. The van der Waals surface area contributed by atoms with Crippen LogP contribution in [-0.2, 0) is 11.3 Å². The number of halogens is 1. The number of rotatable bonds is 6. The summed E-state index contributed by atoms with van der Waals surface area (Å²) in [7, 11) is 0. The molecule has 19 heavy (non-hydrogen) atoms. The molecule has 1 heterocycles. The smallest absolute Gasteiger partial charge is 0.236 e. The van der Waals surface area contributed by atoms with Crippen molar-refractivity contribution in [3.63, 3.8) is 0 Å². The van der Waals surface area contributed by atoms with E-state index in [1.54, 1.807) is 11.3 Å². The van der Waals surface area contributed by atoms with Gasteiger partial charge in [-0.2, -0.15) is 0 Å². The second-order valence-electron chi connectivity index (χ2n) is 4.98. The molecule has 1 aliphatic rings. The molecule has 1 fully saturated rings. The van der Waals surface area contributed by atoms with Gasteiger partial charge in [0, 0.05) is 17.5 Å². The molecule has 0 unspecified atom stereocenters. The van der Waals surface area contributed by atoms with E-state index in [-0.39, 0.29) is 5.91 Å². The van der Waals surface area contributed by atoms with Crippen LogP contribution < -0.4 is 5.32 Å². The van der Waals surface area contributed by atoms with Crippen molar-refractivity contribution in [3.8, 4) is 0 Å². The molecular formula is C14H21ClN2OS. The minimum absolute atomic E-state index is 0.180. The molecule has 0 aliphatic heterocycles. The summed E-state index contributed by atoms with van der Waals surface area (Å²) < 4.78 is 0.780. The average molecular weight is 301 g/mol. The number of carbonyl (C=O) groups excluding carboxylic acids is 1. The Bertz CT molecular complexity index is 415. The minimum Gasteiger partial charge on any atom is -0.337 e. The minimum atomic E-state index is 0.180. The normalized spacial score (nSPS) is 15.9. The van der Waals surface area contributed by atoms with Crippen LogP contribution in [0.2, 0.25) is 4.34 Å². The quantitative estimate of drug-likeness (QED) is 0.874. The molecule has 0 saturated heterocycles. The molecule has 0 spiro atoms. The van der Waals surface area contributed by atoms with E-state index in [1.807, 2.05) is 24.0 Å². The van der Waals surface area contributed by atoms with Gasteiger partial charge in [0.05, 0.1) is 17.4 Å². The number of hydrogen-bond acceptors (Lipinski definition) is 3. The summed E-state index contributed by atoms with van der Waals surface area (Å²) >= 11 is 7.46. The first-order chi connectivity index (χ1) is 9.19. The van der Waals surface area contributed by atoms with E-state index in [9.17, 15) is 4.79 Å². The predicted molar refractivity (Wildman–Crippen MR) is 80.7 cm³/mol. The standard InChI is InChI=1S/C14H21ClN2OS/c1-2-17(10-12-7-8-13(15)19-12)14(18)9-16-11-5-3-4-6-11/h7-8,11,16H,2-6,9-10H2,1H3. The Balaban J connectivity index is 1.80. The molecule has 1 aliphatic carbocycles. The number of thiophene rings is 1. The first-order valence-corrected chi connectivity index (χ1v) is 8.14. The largest absolute Gasteiger partial charge is 0.337 e. The summed E-state index contributed by atoms with van der Waals surface area (Å²) in [5.41, 5.74) is 0. The molecule has 3 nitrogen and oxygen atoms in total. The van der Waals surface area contributed by atoms with E-state index in [1.165, 1.54) is 25.7 Å². The highest BCUT2D eigenvalue weighted by Gasteiger charge is 2.18. The molecule has 0 atom stereocenters. The summed E-state index contributed by atoms with van der Waals surface area (Å²) in [6.45, 7) is 3.88. The van der Waals surface area contributed by atoms with Gasteiger partial charge in [-0.15, -0.1) is 11.3 Å². The van der Waals surface area contributed by atoms with Crippen LogP contribution in [0.25, 0.3) is 0 Å². The molecule has 1 amide bonds. The highest BCUT2D eigenvalue weighted by Crippen LogP contribution is 2.22. The lowest BCUT2D eigenvalue weighted by molar-refractivity contribution is -0.130. The van der Waals surface area contributed by atoms with Gasteiger partial charge in [-0.3, -0.25) is 4.79 Å². The Morgan fingerprint density at radius 2 is 2.21 bits per heavy atom. The van der Waals surface area contributed by atoms with Gasteiger partial charge >= 0.3 is 0 Å². The van der Waals surface area contributed by atoms with Crippen molar-refractivity contribution in [2.45, 2.75) is 45.2 Å². The number of nitrogens with zero attached hydrogens (tertiary/aromatic N) is 1. The zero-order valence-corrected chi connectivity index (χ0v) is 12.9. The van der Waals surface area contributed by atoms with Crippen molar-refractivity contribution in [2.24, 2.45) is 0 Å². The first kappa shape index (κ1) is 14.8. The van der Waals surface area contributed by atoms with Crippen LogP contribution in [0.15, 0.2) is 12.1 Å². The summed E-state index contributed by atoms with van der Waals surface area (Å²) in [4.78, 5) is 15.2. The van der Waals surface area contributed by atoms with Crippen LogP contribution in [0.3, 0.4) is 0 Å². The summed E-state index contributed by atoms with van der Waals surface area (Å²) in [6.07, 6.45) is 4.99. The van der Waals surface area contributed by atoms with E-state index < -0.39 is 0 Å². The van der Waals surface area contributed by atoms with Crippen molar-refractivity contribution in [1.82, 2.24) is 10.2 Å². The Hall–Kier alpha value is -0.580. The fourth-order valence-corrected chi connectivity index (χ4v) is 3.58. The third kappa shape index (κ3) is 4.48. The van der Waals surface area contributed by atoms with Crippen LogP contribution in [-0.4, -0.2) is 29.9 Å². The molecule has 5 heteroatoms. The van der Waals surface area contributed by atoms with Gasteiger partial charge in [-0.25, -0.2) is 0 Å². The number of amides is 1. The Morgan fingerprint density at radius 3 is 2.79 bits per heavy atom. The van der Waals surface area contributed by atoms with Crippen LogP contribution in [0.5, 0.6) is 0 Å². The SMILES string of the molecule is CCN(Cc1ccc(Cl)s1)C(=O)CNC1CCCC1. The van der Waals surface area contributed by atoms with Crippen LogP contribution in [0, 0.1) is 0 Å². The van der Waals surface area contributed by atoms with Crippen LogP contribution >= 0.6 is 22.9 Å². The van der Waals surface area contributed by atoms with E-state index in [0.717, 1.165) is 15.8 Å². The maximum atomic E-state index is 12.2. The Kier molecular flexibility index (Phi) is 5.67. The topological polar surface area (TPSA) is 32.3 Å². The van der Waals surface area contributed by atoms with Crippen molar-refractivity contribution in [2.75, 3.05) is 13.1 Å². The van der Waals surface area contributed by atoms with Crippen LogP contribution in [0.1, 0.15) is 37.5 Å². The summed E-state index contributed by atoms with van der Waals surface area (Å²) in [5, 5.41) is 3.37. The van der Waals surface area contributed by atoms with E-state index >= 15 is 0 Å². The third-order valence-electron chi connectivity index (χ3n) is 3.61. The fraction of sp³-hybridized carbons (Fsp3) is 0.643. The van der Waals surface area contributed by atoms with E-state index in [4.69, 9.17) is 11.6 Å². The van der Waals surface area contributed by atoms with Gasteiger partial charge in [-0.1, -0.05) is 24.4 Å². The van der Waals surface area contributed by atoms with Crippen molar-refractivity contribution < 1.29 is 4.79 Å². The third-order valence-corrected chi connectivity index (χ3v) is 4.82. The lowest BCUT2D eigenvalue weighted by Crippen LogP contribution is -2.40. The Morgan fingerprint density at radius 1 is 1.47 bits per heavy atom. The van der Waals surface area contributed by atoms with Gasteiger partial charge < -0.3 is 10.2 Å². The molecule has 1 saturated carbocycles.